The Balaban J connectivity index is 2.75. The highest BCUT2D eigenvalue weighted by molar-refractivity contribution is 5.63. The smallest absolute Gasteiger partial charge is 0.377 e. The number of methoxy groups -OCH3 is 1. The van der Waals surface area contributed by atoms with Crippen LogP contribution in [0.4, 0.5) is 13.2 Å². The summed E-state index contributed by atoms with van der Waals surface area (Å²) in [5.41, 5.74) is -1.10. The fraction of sp³-hybridized carbons (Fsp3) is 0.273. The molecule has 0 amide bonds. The van der Waals surface area contributed by atoms with Crippen molar-refractivity contribution in [3.63, 3.8) is 0 Å². The second-order valence-electron chi connectivity index (χ2n) is 3.59. The molecule has 0 radical (unpaired) electrons. The molecule has 2 aromatic rings. The van der Waals surface area contributed by atoms with Crippen LogP contribution in [0.15, 0.2) is 18.8 Å². The van der Waals surface area contributed by atoms with Gasteiger partial charge in [-0.25, -0.2) is 0 Å². The molecule has 0 N–H and O–H groups in total. The SMILES string of the molecule is C=Cc1ccn2c(COC)nnc2c1C(F)(F)F. The van der Waals surface area contributed by atoms with Crippen molar-refractivity contribution in [3.8, 4) is 0 Å². The van der Waals surface area contributed by atoms with Gasteiger partial charge in [0.2, 0.25) is 0 Å². The Morgan fingerprint density at radius 3 is 2.72 bits per heavy atom. The van der Waals surface area contributed by atoms with Crippen LogP contribution < -0.4 is 0 Å². The summed E-state index contributed by atoms with van der Waals surface area (Å²) in [6.07, 6.45) is -1.90. The third kappa shape index (κ3) is 1.97. The Morgan fingerprint density at radius 2 is 2.17 bits per heavy atom. The van der Waals surface area contributed by atoms with Gasteiger partial charge in [0, 0.05) is 13.3 Å². The van der Waals surface area contributed by atoms with Gasteiger partial charge in [0.15, 0.2) is 11.5 Å². The van der Waals surface area contributed by atoms with Crippen molar-refractivity contribution in [1.29, 1.82) is 0 Å². The van der Waals surface area contributed by atoms with Crippen LogP contribution in [-0.2, 0) is 17.5 Å². The summed E-state index contributed by atoms with van der Waals surface area (Å²) >= 11 is 0. The van der Waals surface area contributed by atoms with Gasteiger partial charge in [0.1, 0.15) is 12.2 Å². The van der Waals surface area contributed by atoms with E-state index in [-0.39, 0.29) is 17.8 Å². The molecule has 0 aliphatic carbocycles. The average Bonchev–Trinajstić information content (AvgIpc) is 2.70. The fourth-order valence-corrected chi connectivity index (χ4v) is 1.71. The number of fused-ring (bicyclic) bond motifs is 1. The predicted octanol–water partition coefficient (Wildman–Crippen LogP) is 2.54. The number of aromatic nitrogens is 3. The van der Waals surface area contributed by atoms with Gasteiger partial charge in [-0.2, -0.15) is 13.2 Å². The van der Waals surface area contributed by atoms with Crippen molar-refractivity contribution >= 4 is 11.7 Å². The second-order valence-corrected chi connectivity index (χ2v) is 3.59. The zero-order valence-electron chi connectivity index (χ0n) is 9.53. The number of hydrogen-bond donors (Lipinski definition) is 0. The van der Waals surface area contributed by atoms with Crippen LogP contribution in [0.25, 0.3) is 11.7 Å². The predicted molar refractivity (Wildman–Crippen MR) is 58.8 cm³/mol. The summed E-state index contributed by atoms with van der Waals surface area (Å²) in [6, 6.07) is 1.32. The molecule has 0 saturated heterocycles. The van der Waals surface area contributed by atoms with E-state index in [4.69, 9.17) is 4.74 Å². The van der Waals surface area contributed by atoms with Crippen molar-refractivity contribution in [1.82, 2.24) is 14.6 Å². The van der Waals surface area contributed by atoms with E-state index in [0.717, 1.165) is 6.08 Å². The van der Waals surface area contributed by atoms with Crippen molar-refractivity contribution in [2.45, 2.75) is 12.8 Å². The molecule has 0 unspecified atom stereocenters. The lowest BCUT2D eigenvalue weighted by Gasteiger charge is -2.11. The summed E-state index contributed by atoms with van der Waals surface area (Å²) in [5, 5.41) is 7.27. The van der Waals surface area contributed by atoms with Crippen LogP contribution in [0.2, 0.25) is 0 Å². The molecular formula is C11H10F3N3O. The zero-order valence-corrected chi connectivity index (χ0v) is 9.53. The quantitative estimate of drug-likeness (QED) is 0.848. The number of hydrogen-bond acceptors (Lipinski definition) is 3. The van der Waals surface area contributed by atoms with E-state index >= 15 is 0 Å². The van der Waals surface area contributed by atoms with Gasteiger partial charge in [-0.1, -0.05) is 12.7 Å². The maximum absolute atomic E-state index is 13.0. The van der Waals surface area contributed by atoms with Crippen LogP contribution in [0.3, 0.4) is 0 Å². The van der Waals surface area contributed by atoms with Gasteiger partial charge >= 0.3 is 6.18 Å². The lowest BCUT2D eigenvalue weighted by molar-refractivity contribution is -0.136. The molecule has 0 fully saturated rings. The summed E-state index contributed by atoms with van der Waals surface area (Å²) in [5.74, 6) is 0.314. The van der Waals surface area contributed by atoms with E-state index in [2.05, 4.69) is 16.8 Å². The van der Waals surface area contributed by atoms with Gasteiger partial charge in [0.05, 0.1) is 0 Å². The highest BCUT2D eigenvalue weighted by Crippen LogP contribution is 2.35. The summed E-state index contributed by atoms with van der Waals surface area (Å²) in [4.78, 5) is 0. The highest BCUT2D eigenvalue weighted by atomic mass is 19.4. The summed E-state index contributed by atoms with van der Waals surface area (Å²) < 4.78 is 45.1. The highest BCUT2D eigenvalue weighted by Gasteiger charge is 2.36. The van der Waals surface area contributed by atoms with E-state index in [1.807, 2.05) is 0 Å². The number of ether oxygens (including phenoxy) is 1. The van der Waals surface area contributed by atoms with E-state index in [1.54, 1.807) is 0 Å². The number of nitrogens with zero attached hydrogens (tertiary/aromatic N) is 3. The lowest BCUT2D eigenvalue weighted by Crippen LogP contribution is -2.11. The first-order valence-electron chi connectivity index (χ1n) is 5.04. The maximum atomic E-state index is 13.0. The van der Waals surface area contributed by atoms with Crippen LogP contribution in [0.5, 0.6) is 0 Å². The Kier molecular flexibility index (Phi) is 3.08. The first-order chi connectivity index (χ1) is 8.49. The molecule has 7 heteroatoms. The number of alkyl halides is 3. The summed E-state index contributed by atoms with van der Waals surface area (Å²) in [6.45, 7) is 3.46. The molecule has 0 bridgehead atoms. The largest absolute Gasteiger partial charge is 0.420 e. The molecule has 4 nitrogen and oxygen atoms in total. The second kappa shape index (κ2) is 4.41. The fourth-order valence-electron chi connectivity index (χ4n) is 1.71. The Hall–Kier alpha value is -1.89. The third-order valence-corrected chi connectivity index (χ3v) is 2.46. The molecule has 96 valence electrons. The molecule has 2 heterocycles. The number of halogens is 3. The zero-order chi connectivity index (χ0) is 13.3. The molecule has 0 saturated carbocycles. The van der Waals surface area contributed by atoms with E-state index in [0.29, 0.717) is 5.82 Å². The van der Waals surface area contributed by atoms with Crippen LogP contribution in [0, 0.1) is 0 Å². The minimum Gasteiger partial charge on any atom is -0.377 e. The normalized spacial score (nSPS) is 12.0. The van der Waals surface area contributed by atoms with E-state index in [9.17, 15) is 13.2 Å². The first kappa shape index (κ1) is 12.6. The van der Waals surface area contributed by atoms with Crippen LogP contribution in [-0.4, -0.2) is 21.7 Å². The molecule has 2 rings (SSSR count). The average molecular weight is 257 g/mol. The molecule has 0 spiro atoms. The molecule has 0 aromatic carbocycles. The van der Waals surface area contributed by atoms with Crippen molar-refractivity contribution in [2.75, 3.05) is 7.11 Å². The van der Waals surface area contributed by atoms with Crippen molar-refractivity contribution in [3.05, 3.63) is 35.8 Å². The van der Waals surface area contributed by atoms with Gasteiger partial charge < -0.3 is 4.74 Å². The third-order valence-electron chi connectivity index (χ3n) is 2.46. The van der Waals surface area contributed by atoms with Gasteiger partial charge in [-0.15, -0.1) is 10.2 Å². The molecule has 0 atom stereocenters. The molecule has 2 aromatic heterocycles. The number of rotatable bonds is 3. The van der Waals surface area contributed by atoms with Crippen molar-refractivity contribution in [2.24, 2.45) is 0 Å². The van der Waals surface area contributed by atoms with Crippen molar-refractivity contribution < 1.29 is 17.9 Å². The molecule has 0 aliphatic heterocycles. The first-order valence-corrected chi connectivity index (χ1v) is 5.04. The minimum absolute atomic E-state index is 0.0219. The minimum atomic E-state index is -4.51. The van der Waals surface area contributed by atoms with E-state index in [1.165, 1.54) is 23.8 Å². The van der Waals surface area contributed by atoms with Gasteiger partial charge in [0.25, 0.3) is 0 Å². The maximum Gasteiger partial charge on any atom is 0.420 e. The molecule has 18 heavy (non-hydrogen) atoms. The van der Waals surface area contributed by atoms with E-state index < -0.39 is 11.7 Å². The molecule has 0 aliphatic rings. The van der Waals surface area contributed by atoms with Crippen LogP contribution >= 0.6 is 0 Å². The number of pyridine rings is 1. The standard InChI is InChI=1S/C11H10F3N3O/c1-3-7-4-5-17-8(6-18-2)15-16-10(17)9(7)11(12,13)14/h3-5H,1,6H2,2H3. The Morgan fingerprint density at radius 1 is 1.44 bits per heavy atom. The van der Waals surface area contributed by atoms with Gasteiger partial charge in [-0.05, 0) is 11.6 Å². The monoisotopic (exact) mass is 257 g/mol. The molecular weight excluding hydrogens is 247 g/mol. The van der Waals surface area contributed by atoms with Crippen LogP contribution in [0.1, 0.15) is 17.0 Å². The Bertz CT molecular complexity index is 589. The Labute approximate surface area is 101 Å². The summed E-state index contributed by atoms with van der Waals surface area (Å²) in [7, 11) is 1.43. The van der Waals surface area contributed by atoms with Gasteiger partial charge in [-0.3, -0.25) is 4.40 Å². The lowest BCUT2D eigenvalue weighted by atomic mass is 10.1. The topological polar surface area (TPSA) is 39.4 Å².